The van der Waals surface area contributed by atoms with E-state index in [0.29, 0.717) is 11.7 Å². The summed E-state index contributed by atoms with van der Waals surface area (Å²) in [5.41, 5.74) is 0.835. The van der Waals surface area contributed by atoms with E-state index in [1.807, 2.05) is 12.1 Å². The molecule has 1 fully saturated rings. The van der Waals surface area contributed by atoms with Gasteiger partial charge in [-0.3, -0.25) is 0 Å². The number of hydrogen-bond donors (Lipinski definition) is 0. The maximum atomic E-state index is 13.8. The molecular formula is C12H15FO. The molecule has 14 heavy (non-hydrogen) atoms. The lowest BCUT2D eigenvalue weighted by Gasteiger charge is -2.12. The zero-order valence-electron chi connectivity index (χ0n) is 8.42. The minimum atomic E-state index is -0.165. The topological polar surface area (TPSA) is 9.23 Å². The number of hydrogen-bond acceptors (Lipinski definition) is 1. The molecule has 1 aliphatic carbocycles. The normalized spacial score (nSPS) is 17.3. The van der Waals surface area contributed by atoms with Crippen LogP contribution in [0.1, 0.15) is 37.2 Å². The van der Waals surface area contributed by atoms with Gasteiger partial charge in [0.25, 0.3) is 0 Å². The van der Waals surface area contributed by atoms with E-state index in [1.165, 1.54) is 20.0 Å². The number of ether oxygens (including phenoxy) is 1. The van der Waals surface area contributed by atoms with Gasteiger partial charge >= 0.3 is 0 Å². The Morgan fingerprint density at radius 1 is 1.29 bits per heavy atom. The van der Waals surface area contributed by atoms with Crippen LogP contribution in [0.3, 0.4) is 0 Å². The summed E-state index contributed by atoms with van der Waals surface area (Å²) in [7, 11) is 1.51. The Bertz CT molecular complexity index is 316. The second kappa shape index (κ2) is 3.99. The van der Waals surface area contributed by atoms with Gasteiger partial charge in [-0.05, 0) is 30.4 Å². The molecule has 0 aromatic heterocycles. The van der Waals surface area contributed by atoms with E-state index in [1.54, 1.807) is 6.07 Å². The second-order valence-corrected chi connectivity index (χ2v) is 3.84. The molecule has 0 radical (unpaired) electrons. The summed E-state index contributed by atoms with van der Waals surface area (Å²) in [4.78, 5) is 0. The van der Waals surface area contributed by atoms with E-state index in [0.717, 1.165) is 18.4 Å². The zero-order valence-corrected chi connectivity index (χ0v) is 8.42. The van der Waals surface area contributed by atoms with Crippen molar-refractivity contribution in [3.05, 3.63) is 29.6 Å². The SMILES string of the molecule is COc1cccc(C2CCCC2)c1F. The maximum absolute atomic E-state index is 13.8. The quantitative estimate of drug-likeness (QED) is 0.700. The summed E-state index contributed by atoms with van der Waals surface area (Å²) in [5, 5.41) is 0. The van der Waals surface area contributed by atoms with E-state index < -0.39 is 0 Å². The highest BCUT2D eigenvalue weighted by molar-refractivity contribution is 5.33. The van der Waals surface area contributed by atoms with Crippen molar-refractivity contribution in [1.82, 2.24) is 0 Å². The second-order valence-electron chi connectivity index (χ2n) is 3.84. The van der Waals surface area contributed by atoms with Crippen LogP contribution in [0.25, 0.3) is 0 Å². The minimum Gasteiger partial charge on any atom is -0.494 e. The molecular weight excluding hydrogens is 179 g/mol. The van der Waals surface area contributed by atoms with Crippen LogP contribution >= 0.6 is 0 Å². The van der Waals surface area contributed by atoms with Gasteiger partial charge in [-0.2, -0.15) is 0 Å². The largest absolute Gasteiger partial charge is 0.494 e. The van der Waals surface area contributed by atoms with Crippen LogP contribution in [0.2, 0.25) is 0 Å². The van der Waals surface area contributed by atoms with E-state index in [9.17, 15) is 4.39 Å². The van der Waals surface area contributed by atoms with Gasteiger partial charge in [-0.1, -0.05) is 25.0 Å². The number of methoxy groups -OCH3 is 1. The highest BCUT2D eigenvalue weighted by Gasteiger charge is 2.21. The molecule has 1 aliphatic rings. The van der Waals surface area contributed by atoms with Crippen LogP contribution in [0.15, 0.2) is 18.2 Å². The summed E-state index contributed by atoms with van der Waals surface area (Å²) in [5.74, 6) is 0.612. The average Bonchev–Trinajstić information content (AvgIpc) is 2.71. The van der Waals surface area contributed by atoms with Crippen LogP contribution in [0.5, 0.6) is 5.75 Å². The first-order valence-electron chi connectivity index (χ1n) is 5.15. The van der Waals surface area contributed by atoms with Crippen LogP contribution in [-0.4, -0.2) is 7.11 Å². The summed E-state index contributed by atoms with van der Waals surface area (Å²) >= 11 is 0. The Hall–Kier alpha value is -1.05. The van der Waals surface area contributed by atoms with Gasteiger partial charge in [0.1, 0.15) is 0 Å². The Labute approximate surface area is 83.9 Å². The molecule has 0 spiro atoms. The van der Waals surface area contributed by atoms with Crippen molar-refractivity contribution < 1.29 is 9.13 Å². The molecule has 0 heterocycles. The highest BCUT2D eigenvalue weighted by atomic mass is 19.1. The number of rotatable bonds is 2. The molecule has 0 atom stereocenters. The number of halogens is 1. The first kappa shape index (κ1) is 9.50. The molecule has 2 heteroatoms. The molecule has 0 bridgehead atoms. The third kappa shape index (κ3) is 1.61. The molecule has 2 rings (SSSR count). The smallest absolute Gasteiger partial charge is 0.168 e. The van der Waals surface area contributed by atoms with Gasteiger partial charge in [0.15, 0.2) is 11.6 Å². The molecule has 0 amide bonds. The third-order valence-corrected chi connectivity index (χ3v) is 3.01. The van der Waals surface area contributed by atoms with Crippen LogP contribution in [-0.2, 0) is 0 Å². The highest BCUT2D eigenvalue weighted by Crippen LogP contribution is 2.37. The van der Waals surface area contributed by atoms with Crippen molar-refractivity contribution in [2.75, 3.05) is 7.11 Å². The molecule has 1 nitrogen and oxygen atoms in total. The Kier molecular flexibility index (Phi) is 2.71. The van der Waals surface area contributed by atoms with Crippen molar-refractivity contribution in [3.8, 4) is 5.75 Å². The molecule has 76 valence electrons. The van der Waals surface area contributed by atoms with Crippen molar-refractivity contribution in [3.63, 3.8) is 0 Å². The molecule has 1 aromatic carbocycles. The van der Waals surface area contributed by atoms with Gasteiger partial charge in [0, 0.05) is 0 Å². The van der Waals surface area contributed by atoms with E-state index >= 15 is 0 Å². The molecule has 0 unspecified atom stereocenters. The maximum Gasteiger partial charge on any atom is 0.168 e. The molecule has 0 N–H and O–H groups in total. The van der Waals surface area contributed by atoms with Crippen molar-refractivity contribution >= 4 is 0 Å². The standard InChI is InChI=1S/C12H15FO/c1-14-11-8-4-7-10(12(11)13)9-5-2-3-6-9/h4,7-9H,2-3,5-6H2,1H3. The van der Waals surface area contributed by atoms with Crippen molar-refractivity contribution in [1.29, 1.82) is 0 Å². The van der Waals surface area contributed by atoms with Crippen molar-refractivity contribution in [2.45, 2.75) is 31.6 Å². The van der Waals surface area contributed by atoms with Gasteiger partial charge in [0.05, 0.1) is 7.11 Å². The zero-order chi connectivity index (χ0) is 9.97. The Morgan fingerprint density at radius 3 is 2.64 bits per heavy atom. The first-order valence-corrected chi connectivity index (χ1v) is 5.15. The molecule has 1 aromatic rings. The summed E-state index contributed by atoms with van der Waals surface area (Å²) in [6.45, 7) is 0. The molecule has 0 saturated heterocycles. The van der Waals surface area contributed by atoms with Gasteiger partial charge in [0.2, 0.25) is 0 Å². The van der Waals surface area contributed by atoms with Crippen LogP contribution < -0.4 is 4.74 Å². The summed E-state index contributed by atoms with van der Waals surface area (Å²) in [6, 6.07) is 5.43. The van der Waals surface area contributed by atoms with E-state index in [4.69, 9.17) is 4.74 Å². The lowest BCUT2D eigenvalue weighted by Crippen LogP contribution is -1.98. The molecule has 0 aliphatic heterocycles. The van der Waals surface area contributed by atoms with Gasteiger partial charge in [-0.15, -0.1) is 0 Å². The summed E-state index contributed by atoms with van der Waals surface area (Å²) < 4.78 is 18.8. The monoisotopic (exact) mass is 194 g/mol. The third-order valence-electron chi connectivity index (χ3n) is 3.01. The fourth-order valence-electron chi connectivity index (χ4n) is 2.24. The average molecular weight is 194 g/mol. The van der Waals surface area contributed by atoms with E-state index in [2.05, 4.69) is 0 Å². The first-order chi connectivity index (χ1) is 6.83. The number of benzene rings is 1. The minimum absolute atomic E-state index is 0.165. The fraction of sp³-hybridized carbons (Fsp3) is 0.500. The predicted octanol–water partition coefficient (Wildman–Crippen LogP) is 3.49. The summed E-state index contributed by atoms with van der Waals surface area (Å²) in [6.07, 6.45) is 4.68. The Balaban J connectivity index is 2.32. The van der Waals surface area contributed by atoms with Crippen LogP contribution in [0.4, 0.5) is 4.39 Å². The fourth-order valence-corrected chi connectivity index (χ4v) is 2.24. The van der Waals surface area contributed by atoms with Gasteiger partial charge in [-0.25, -0.2) is 4.39 Å². The van der Waals surface area contributed by atoms with Crippen molar-refractivity contribution in [2.24, 2.45) is 0 Å². The predicted molar refractivity (Wildman–Crippen MR) is 54.2 cm³/mol. The van der Waals surface area contributed by atoms with E-state index in [-0.39, 0.29) is 5.82 Å². The Morgan fingerprint density at radius 2 is 2.00 bits per heavy atom. The van der Waals surface area contributed by atoms with Gasteiger partial charge < -0.3 is 4.74 Å². The molecule has 1 saturated carbocycles. The lowest BCUT2D eigenvalue weighted by molar-refractivity contribution is 0.382. The van der Waals surface area contributed by atoms with Crippen LogP contribution in [0, 0.1) is 5.82 Å². The lowest BCUT2D eigenvalue weighted by atomic mass is 9.97.